The molecule has 0 saturated heterocycles. The lowest BCUT2D eigenvalue weighted by Crippen LogP contribution is -2.14. The number of benzene rings is 1. The lowest BCUT2D eigenvalue weighted by Gasteiger charge is -2.07. The van der Waals surface area contributed by atoms with Crippen LogP contribution in [0, 0.1) is 16.1 Å². The molecule has 0 radical (unpaired) electrons. The normalized spacial score (nSPS) is 11.1. The molecule has 0 spiro atoms. The summed E-state index contributed by atoms with van der Waals surface area (Å²) in [6.07, 6.45) is 0. The minimum absolute atomic E-state index is 0.272. The number of phenols is 1. The second kappa shape index (κ2) is 5.32. The molecule has 0 aliphatic rings. The molecule has 110 valence electrons. The molecule has 0 aliphatic heterocycles. The van der Waals surface area contributed by atoms with Gasteiger partial charge in [-0.3, -0.25) is 14.8 Å². The summed E-state index contributed by atoms with van der Waals surface area (Å²) >= 11 is 0. The number of nitro benzene ring substituents is 1. The van der Waals surface area contributed by atoms with E-state index in [0.717, 1.165) is 18.2 Å². The Morgan fingerprint density at radius 3 is 2.62 bits per heavy atom. The van der Waals surface area contributed by atoms with Gasteiger partial charge in [-0.25, -0.2) is 13.4 Å². The number of nitrogens with one attached hydrogen (secondary N) is 1. The maximum Gasteiger partial charge on any atom is 0.312 e. The number of hydrogen-bond acceptors (Lipinski definition) is 6. The number of phenolic OH excluding ortho intramolecular Hbond substituents is 1. The fourth-order valence-electron chi connectivity index (χ4n) is 1.48. The Bertz CT molecular complexity index is 809. The molecule has 2 N–H and O–H groups in total. The Morgan fingerprint density at radius 2 is 2.00 bits per heavy atom. The van der Waals surface area contributed by atoms with Crippen molar-refractivity contribution in [3.8, 4) is 5.75 Å². The Hall–Kier alpha value is -2.75. The molecule has 1 heterocycles. The van der Waals surface area contributed by atoms with E-state index >= 15 is 0 Å². The highest BCUT2D eigenvalue weighted by Crippen LogP contribution is 2.28. The lowest BCUT2D eigenvalue weighted by molar-refractivity contribution is -0.386. The number of aromatic hydroxyl groups is 1. The molecule has 0 unspecified atom stereocenters. The number of nitrogens with zero attached hydrogens (tertiary/aromatic N) is 2. The molecule has 0 fully saturated rings. The average molecular weight is 313 g/mol. The van der Waals surface area contributed by atoms with Gasteiger partial charge in [-0.15, -0.1) is 0 Å². The van der Waals surface area contributed by atoms with Gasteiger partial charge in [0.05, 0.1) is 9.82 Å². The highest BCUT2D eigenvalue weighted by Gasteiger charge is 2.21. The van der Waals surface area contributed by atoms with Crippen LogP contribution in [-0.2, 0) is 10.0 Å². The first-order valence-corrected chi connectivity index (χ1v) is 6.91. The van der Waals surface area contributed by atoms with Crippen LogP contribution in [0.5, 0.6) is 5.75 Å². The molecule has 0 aliphatic carbocycles. The average Bonchev–Trinajstić information content (AvgIpc) is 2.38. The van der Waals surface area contributed by atoms with Crippen molar-refractivity contribution >= 4 is 21.5 Å². The van der Waals surface area contributed by atoms with Crippen molar-refractivity contribution in [1.29, 1.82) is 0 Å². The second-order valence-corrected chi connectivity index (χ2v) is 5.54. The summed E-state index contributed by atoms with van der Waals surface area (Å²) in [5, 5.41) is 20.0. The molecular formula is C11H8FN3O5S. The van der Waals surface area contributed by atoms with E-state index in [2.05, 4.69) is 4.98 Å². The van der Waals surface area contributed by atoms with Crippen molar-refractivity contribution < 1.29 is 22.8 Å². The van der Waals surface area contributed by atoms with Crippen molar-refractivity contribution in [3.05, 3.63) is 52.5 Å². The predicted octanol–water partition coefficient (Wildman–Crippen LogP) is 1.64. The van der Waals surface area contributed by atoms with E-state index in [1.165, 1.54) is 12.1 Å². The zero-order chi connectivity index (χ0) is 15.6. The summed E-state index contributed by atoms with van der Waals surface area (Å²) < 4.78 is 38.9. The molecule has 2 rings (SSSR count). The molecule has 8 nitrogen and oxygen atoms in total. The van der Waals surface area contributed by atoms with Crippen LogP contribution in [-0.4, -0.2) is 23.4 Å². The minimum atomic E-state index is -4.20. The van der Waals surface area contributed by atoms with Crippen molar-refractivity contribution in [2.24, 2.45) is 0 Å². The van der Waals surface area contributed by atoms with Crippen LogP contribution in [0.4, 0.5) is 15.9 Å². The van der Waals surface area contributed by atoms with Crippen molar-refractivity contribution in [2.45, 2.75) is 4.90 Å². The van der Waals surface area contributed by atoms with Gasteiger partial charge in [0, 0.05) is 6.07 Å². The number of nitro groups is 1. The SMILES string of the molecule is O=[N+]([O-])c1cc(S(=O)(=O)Nc2cccc(F)n2)ccc1O. The topological polar surface area (TPSA) is 122 Å². The number of halogens is 1. The zero-order valence-corrected chi connectivity index (χ0v) is 11.0. The van der Waals surface area contributed by atoms with E-state index in [-0.39, 0.29) is 5.82 Å². The number of pyridine rings is 1. The molecule has 1 aromatic carbocycles. The molecule has 0 bridgehead atoms. The molecule has 10 heteroatoms. The van der Waals surface area contributed by atoms with Crippen LogP contribution in [0.3, 0.4) is 0 Å². The number of anilines is 1. The summed E-state index contributed by atoms with van der Waals surface area (Å²) in [6.45, 7) is 0. The van der Waals surface area contributed by atoms with Gasteiger partial charge >= 0.3 is 5.69 Å². The van der Waals surface area contributed by atoms with Gasteiger partial charge in [-0.2, -0.15) is 4.39 Å². The van der Waals surface area contributed by atoms with E-state index in [4.69, 9.17) is 0 Å². The number of aromatic nitrogens is 1. The van der Waals surface area contributed by atoms with Crippen LogP contribution < -0.4 is 4.72 Å². The van der Waals surface area contributed by atoms with Gasteiger partial charge in [-0.1, -0.05) is 6.07 Å². The summed E-state index contributed by atoms with van der Waals surface area (Å²) in [7, 11) is -4.20. The van der Waals surface area contributed by atoms with Gasteiger partial charge in [0.15, 0.2) is 5.75 Å². The number of hydrogen-bond donors (Lipinski definition) is 2. The summed E-state index contributed by atoms with van der Waals surface area (Å²) in [5.74, 6) is -1.82. The molecule has 0 amide bonds. The predicted molar refractivity (Wildman–Crippen MR) is 69.8 cm³/mol. The summed E-state index contributed by atoms with van der Waals surface area (Å²) in [4.78, 5) is 12.6. The van der Waals surface area contributed by atoms with Gasteiger partial charge in [0.2, 0.25) is 5.95 Å². The first-order valence-electron chi connectivity index (χ1n) is 5.42. The summed E-state index contributed by atoms with van der Waals surface area (Å²) in [5.41, 5.74) is -0.759. The first kappa shape index (κ1) is 14.7. The molecule has 21 heavy (non-hydrogen) atoms. The van der Waals surface area contributed by atoms with Gasteiger partial charge in [0.1, 0.15) is 5.82 Å². The Labute approximate surface area is 118 Å². The van der Waals surface area contributed by atoms with Crippen molar-refractivity contribution in [3.63, 3.8) is 0 Å². The highest BCUT2D eigenvalue weighted by atomic mass is 32.2. The van der Waals surface area contributed by atoms with E-state index in [0.29, 0.717) is 6.07 Å². The van der Waals surface area contributed by atoms with Crippen molar-refractivity contribution in [2.75, 3.05) is 4.72 Å². The standard InChI is InChI=1S/C11H8FN3O5S/c12-10-2-1-3-11(13-10)14-21(19,20)7-4-5-9(16)8(6-7)15(17)18/h1-6,16H,(H,13,14). The van der Waals surface area contributed by atoms with Crippen LogP contribution in [0.1, 0.15) is 0 Å². The minimum Gasteiger partial charge on any atom is -0.502 e. The highest BCUT2D eigenvalue weighted by molar-refractivity contribution is 7.92. The van der Waals surface area contributed by atoms with Gasteiger partial charge < -0.3 is 5.11 Å². The Morgan fingerprint density at radius 1 is 1.29 bits per heavy atom. The largest absolute Gasteiger partial charge is 0.502 e. The van der Waals surface area contributed by atoms with Crippen LogP contribution in [0.15, 0.2) is 41.3 Å². The van der Waals surface area contributed by atoms with Gasteiger partial charge in [-0.05, 0) is 24.3 Å². The van der Waals surface area contributed by atoms with Crippen LogP contribution in [0.2, 0.25) is 0 Å². The monoisotopic (exact) mass is 313 g/mol. The summed E-state index contributed by atoms with van der Waals surface area (Å²) in [6, 6.07) is 6.05. The Balaban J connectivity index is 2.40. The lowest BCUT2D eigenvalue weighted by atomic mass is 10.3. The number of rotatable bonds is 4. The molecule has 0 saturated carbocycles. The third-order valence-corrected chi connectivity index (χ3v) is 3.76. The molecular weight excluding hydrogens is 305 g/mol. The van der Waals surface area contributed by atoms with Crippen molar-refractivity contribution in [1.82, 2.24) is 4.98 Å². The molecule has 2 aromatic rings. The maximum absolute atomic E-state index is 12.9. The second-order valence-electron chi connectivity index (χ2n) is 3.86. The van der Waals surface area contributed by atoms with E-state index in [9.17, 15) is 28.0 Å². The fourth-order valence-corrected chi connectivity index (χ4v) is 2.50. The molecule has 1 aromatic heterocycles. The quantitative estimate of drug-likeness (QED) is 0.502. The third-order valence-electron chi connectivity index (χ3n) is 2.41. The van der Waals surface area contributed by atoms with E-state index in [1.807, 2.05) is 4.72 Å². The smallest absolute Gasteiger partial charge is 0.312 e. The van der Waals surface area contributed by atoms with Crippen LogP contribution in [0.25, 0.3) is 0 Å². The Kier molecular flexibility index (Phi) is 3.72. The third kappa shape index (κ3) is 3.23. The van der Waals surface area contributed by atoms with E-state index in [1.54, 1.807) is 0 Å². The first-order chi connectivity index (χ1) is 9.79. The zero-order valence-electron chi connectivity index (χ0n) is 10.2. The maximum atomic E-state index is 12.9. The van der Waals surface area contributed by atoms with Crippen LogP contribution >= 0.6 is 0 Å². The number of sulfonamides is 1. The van der Waals surface area contributed by atoms with E-state index < -0.39 is 37.2 Å². The molecule has 0 atom stereocenters. The fraction of sp³-hybridized carbons (Fsp3) is 0. The van der Waals surface area contributed by atoms with Gasteiger partial charge in [0.25, 0.3) is 10.0 Å².